The normalized spacial score (nSPS) is 9.75. The summed E-state index contributed by atoms with van der Waals surface area (Å²) in [5.74, 6) is 2.57. The van der Waals surface area contributed by atoms with Gasteiger partial charge in [-0.3, -0.25) is 4.68 Å². The summed E-state index contributed by atoms with van der Waals surface area (Å²) in [5, 5.41) is 4.12. The highest BCUT2D eigenvalue weighted by Gasteiger charge is 2.02. The topological polar surface area (TPSA) is 27.1 Å². The second-order valence-corrected chi connectivity index (χ2v) is 2.50. The Balaban J connectivity index is 2.75. The van der Waals surface area contributed by atoms with E-state index < -0.39 is 0 Å². The van der Waals surface area contributed by atoms with Gasteiger partial charge in [0.1, 0.15) is 0 Å². The fourth-order valence-corrected chi connectivity index (χ4v) is 0.991. The van der Waals surface area contributed by atoms with Gasteiger partial charge in [0.2, 0.25) is 0 Å². The molecule has 1 aromatic heterocycles. The Bertz CT molecular complexity index is 296. The average molecular weight is 164 g/mol. The van der Waals surface area contributed by atoms with E-state index in [0.29, 0.717) is 6.61 Å². The highest BCUT2D eigenvalue weighted by molar-refractivity contribution is 5.33. The minimum absolute atomic E-state index is 0.659. The molecule has 0 unspecified atom stereocenters. The second kappa shape index (κ2) is 3.93. The first-order chi connectivity index (χ1) is 5.79. The number of aromatic nitrogens is 2. The summed E-state index contributed by atoms with van der Waals surface area (Å²) < 4.78 is 6.78. The number of hydrogen-bond donors (Lipinski definition) is 0. The van der Waals surface area contributed by atoms with E-state index in [0.717, 1.165) is 17.8 Å². The van der Waals surface area contributed by atoms with Crippen molar-refractivity contribution < 1.29 is 4.74 Å². The van der Waals surface area contributed by atoms with Crippen LogP contribution in [0, 0.1) is 19.3 Å². The van der Waals surface area contributed by atoms with Crippen LogP contribution in [-0.2, 0) is 11.3 Å². The van der Waals surface area contributed by atoms with Gasteiger partial charge in [0.05, 0.1) is 30.6 Å². The maximum absolute atomic E-state index is 5.26. The molecule has 64 valence electrons. The van der Waals surface area contributed by atoms with Crippen molar-refractivity contribution in [3.8, 4) is 12.3 Å². The van der Waals surface area contributed by atoms with Gasteiger partial charge in [-0.25, -0.2) is 0 Å². The van der Waals surface area contributed by atoms with Gasteiger partial charge in [-0.2, -0.15) is 5.10 Å². The molecule has 0 fully saturated rings. The van der Waals surface area contributed by atoms with Crippen LogP contribution in [0.3, 0.4) is 0 Å². The van der Waals surface area contributed by atoms with Crippen molar-refractivity contribution in [2.45, 2.75) is 13.5 Å². The van der Waals surface area contributed by atoms with Crippen molar-refractivity contribution in [3.05, 3.63) is 17.5 Å². The molecular weight excluding hydrogens is 152 g/mol. The molecule has 0 aliphatic rings. The predicted molar refractivity (Wildman–Crippen MR) is 46.8 cm³/mol. The van der Waals surface area contributed by atoms with E-state index in [4.69, 9.17) is 11.2 Å². The molecule has 0 amide bonds. The van der Waals surface area contributed by atoms with E-state index in [1.54, 1.807) is 13.3 Å². The Kier molecular flexibility index (Phi) is 2.89. The molecule has 12 heavy (non-hydrogen) atoms. The lowest BCUT2D eigenvalue weighted by Crippen LogP contribution is -2.07. The third kappa shape index (κ3) is 1.66. The molecule has 1 aromatic rings. The van der Waals surface area contributed by atoms with E-state index in [2.05, 4.69) is 11.0 Å². The second-order valence-electron chi connectivity index (χ2n) is 2.50. The molecule has 0 saturated carbocycles. The van der Waals surface area contributed by atoms with Crippen LogP contribution in [0.1, 0.15) is 11.3 Å². The SMILES string of the molecule is C#Cc1cnn(CCOC)c1C. The van der Waals surface area contributed by atoms with Crippen molar-refractivity contribution >= 4 is 0 Å². The molecule has 1 heterocycles. The lowest BCUT2D eigenvalue weighted by molar-refractivity contribution is 0.183. The van der Waals surface area contributed by atoms with Crippen molar-refractivity contribution in [3.63, 3.8) is 0 Å². The van der Waals surface area contributed by atoms with Gasteiger partial charge >= 0.3 is 0 Å². The average Bonchev–Trinajstić information content (AvgIpc) is 2.43. The molecular formula is C9H12N2O. The smallest absolute Gasteiger partial charge is 0.0658 e. The summed E-state index contributed by atoms with van der Waals surface area (Å²) in [6, 6.07) is 0. The zero-order chi connectivity index (χ0) is 8.97. The standard InChI is InChI=1S/C9H12N2O/c1-4-9-7-10-11(8(9)2)5-6-12-3/h1,7H,5-6H2,2-3H3. The summed E-state index contributed by atoms with van der Waals surface area (Å²) in [6.07, 6.45) is 6.96. The molecule has 0 saturated heterocycles. The van der Waals surface area contributed by atoms with Crippen LogP contribution in [0.4, 0.5) is 0 Å². The quantitative estimate of drug-likeness (QED) is 0.618. The highest BCUT2D eigenvalue weighted by Crippen LogP contribution is 2.04. The van der Waals surface area contributed by atoms with Crippen LogP contribution in [0.2, 0.25) is 0 Å². The van der Waals surface area contributed by atoms with Crippen molar-refractivity contribution in [2.75, 3.05) is 13.7 Å². The number of ether oxygens (including phenoxy) is 1. The summed E-state index contributed by atoms with van der Waals surface area (Å²) in [6.45, 7) is 3.37. The fourth-order valence-electron chi connectivity index (χ4n) is 0.991. The first-order valence-electron chi connectivity index (χ1n) is 3.77. The molecule has 3 nitrogen and oxygen atoms in total. The van der Waals surface area contributed by atoms with Gasteiger partial charge in [-0.15, -0.1) is 6.42 Å². The first kappa shape index (κ1) is 8.82. The zero-order valence-corrected chi connectivity index (χ0v) is 7.37. The summed E-state index contributed by atoms with van der Waals surface area (Å²) >= 11 is 0. The molecule has 0 bridgehead atoms. The van der Waals surface area contributed by atoms with Crippen LogP contribution in [0.5, 0.6) is 0 Å². The molecule has 0 radical (unpaired) electrons. The van der Waals surface area contributed by atoms with Crippen LogP contribution in [0.25, 0.3) is 0 Å². The minimum Gasteiger partial charge on any atom is -0.383 e. The van der Waals surface area contributed by atoms with Crippen LogP contribution in [-0.4, -0.2) is 23.5 Å². The first-order valence-corrected chi connectivity index (χ1v) is 3.77. The van der Waals surface area contributed by atoms with E-state index in [-0.39, 0.29) is 0 Å². The number of nitrogens with zero attached hydrogens (tertiary/aromatic N) is 2. The Morgan fingerprint density at radius 3 is 3.00 bits per heavy atom. The Morgan fingerprint density at radius 1 is 1.75 bits per heavy atom. The van der Waals surface area contributed by atoms with Crippen molar-refractivity contribution in [1.82, 2.24) is 9.78 Å². The zero-order valence-electron chi connectivity index (χ0n) is 7.37. The number of hydrogen-bond acceptors (Lipinski definition) is 2. The fraction of sp³-hybridized carbons (Fsp3) is 0.444. The van der Waals surface area contributed by atoms with Crippen molar-refractivity contribution in [1.29, 1.82) is 0 Å². The molecule has 3 heteroatoms. The molecule has 1 rings (SSSR count). The van der Waals surface area contributed by atoms with E-state index in [1.807, 2.05) is 11.6 Å². The number of rotatable bonds is 3. The summed E-state index contributed by atoms with van der Waals surface area (Å²) in [7, 11) is 1.67. The predicted octanol–water partition coefficient (Wildman–Crippen LogP) is 0.819. The van der Waals surface area contributed by atoms with Gasteiger partial charge in [-0.05, 0) is 6.92 Å². The van der Waals surface area contributed by atoms with Gasteiger partial charge in [0, 0.05) is 7.11 Å². The van der Waals surface area contributed by atoms with E-state index in [1.165, 1.54) is 0 Å². The summed E-state index contributed by atoms with van der Waals surface area (Å²) in [5.41, 5.74) is 1.88. The van der Waals surface area contributed by atoms with Gasteiger partial charge < -0.3 is 4.74 Å². The molecule has 0 aromatic carbocycles. The lowest BCUT2D eigenvalue weighted by atomic mass is 10.3. The third-order valence-electron chi connectivity index (χ3n) is 1.77. The van der Waals surface area contributed by atoms with Crippen LogP contribution >= 0.6 is 0 Å². The van der Waals surface area contributed by atoms with Gasteiger partial charge in [0.15, 0.2) is 0 Å². The largest absolute Gasteiger partial charge is 0.383 e. The Hall–Kier alpha value is -1.27. The Morgan fingerprint density at radius 2 is 2.50 bits per heavy atom. The molecule has 0 aliphatic heterocycles. The lowest BCUT2D eigenvalue weighted by Gasteiger charge is -2.02. The summed E-state index contributed by atoms with van der Waals surface area (Å²) in [4.78, 5) is 0. The third-order valence-corrected chi connectivity index (χ3v) is 1.77. The minimum atomic E-state index is 0.659. The van der Waals surface area contributed by atoms with Crippen molar-refractivity contribution in [2.24, 2.45) is 0 Å². The van der Waals surface area contributed by atoms with E-state index in [9.17, 15) is 0 Å². The molecule has 0 spiro atoms. The van der Waals surface area contributed by atoms with Crippen LogP contribution in [0.15, 0.2) is 6.20 Å². The number of terminal acetylenes is 1. The number of methoxy groups -OCH3 is 1. The maximum atomic E-state index is 5.26. The molecule has 0 aliphatic carbocycles. The molecule has 0 atom stereocenters. The molecule has 0 N–H and O–H groups in total. The van der Waals surface area contributed by atoms with E-state index >= 15 is 0 Å². The van der Waals surface area contributed by atoms with Gasteiger partial charge in [0.25, 0.3) is 0 Å². The van der Waals surface area contributed by atoms with Crippen LogP contribution < -0.4 is 0 Å². The Labute approximate surface area is 72.3 Å². The maximum Gasteiger partial charge on any atom is 0.0658 e. The highest BCUT2D eigenvalue weighted by atomic mass is 16.5. The van der Waals surface area contributed by atoms with Gasteiger partial charge in [-0.1, -0.05) is 5.92 Å². The monoisotopic (exact) mass is 164 g/mol.